The molecular formula is C18H22BrNSi. The highest BCUT2D eigenvalue weighted by atomic mass is 79.9. The highest BCUT2D eigenvalue weighted by molar-refractivity contribution is 9.11. The van der Waals surface area contributed by atoms with Gasteiger partial charge in [0.2, 0.25) is 0 Å². The van der Waals surface area contributed by atoms with Gasteiger partial charge >= 0.3 is 0 Å². The summed E-state index contributed by atoms with van der Waals surface area (Å²) < 4.78 is 3.32. The van der Waals surface area contributed by atoms with Crippen LogP contribution in [0.3, 0.4) is 0 Å². The van der Waals surface area contributed by atoms with E-state index in [2.05, 4.69) is 89.5 Å². The summed E-state index contributed by atoms with van der Waals surface area (Å²) in [7, 11) is 0.750. The second-order valence-corrected chi connectivity index (χ2v) is 12.3. The van der Waals surface area contributed by atoms with Crippen molar-refractivity contribution in [2.45, 2.75) is 32.5 Å². The summed E-state index contributed by atoms with van der Waals surface area (Å²) in [4.78, 5) is 0. The van der Waals surface area contributed by atoms with Crippen LogP contribution in [0.1, 0.15) is 17.7 Å². The molecule has 0 radical (unpaired) electrons. The maximum atomic E-state index is 3.95. The van der Waals surface area contributed by atoms with Crippen LogP contribution < -0.4 is 0 Å². The molecule has 2 aromatic rings. The van der Waals surface area contributed by atoms with Gasteiger partial charge in [0.1, 0.15) is 8.07 Å². The summed E-state index contributed by atoms with van der Waals surface area (Å²) in [5.74, 6) is 3.49. The molecule has 1 aromatic carbocycles. The Balaban J connectivity index is 2.60. The van der Waals surface area contributed by atoms with Crippen LogP contribution in [0.15, 0.2) is 35.3 Å². The van der Waals surface area contributed by atoms with Crippen molar-refractivity contribution in [2.24, 2.45) is 7.05 Å². The van der Waals surface area contributed by atoms with Crippen molar-refractivity contribution < 1.29 is 0 Å². The van der Waals surface area contributed by atoms with Crippen LogP contribution in [-0.2, 0) is 13.5 Å². The van der Waals surface area contributed by atoms with Crippen molar-refractivity contribution in [3.05, 3.63) is 46.6 Å². The Hall–Kier alpha value is -1.24. The fourth-order valence-corrected chi connectivity index (χ4v) is 3.08. The van der Waals surface area contributed by atoms with Crippen LogP contribution >= 0.6 is 15.9 Å². The van der Waals surface area contributed by atoms with E-state index in [4.69, 9.17) is 0 Å². The minimum atomic E-state index is -1.38. The van der Waals surface area contributed by atoms with Gasteiger partial charge in [-0.1, -0.05) is 66.3 Å². The first-order valence-electron chi connectivity index (χ1n) is 7.22. The molecule has 0 unspecified atom stereocenters. The third kappa shape index (κ3) is 3.90. The third-order valence-electron chi connectivity index (χ3n) is 3.42. The lowest BCUT2D eigenvalue weighted by Crippen LogP contribution is -2.16. The number of nitrogens with zero attached hydrogens (tertiary/aromatic N) is 1. The molecule has 0 aliphatic heterocycles. The summed E-state index contributed by atoms with van der Waals surface area (Å²) in [5, 5.41) is 1.26. The van der Waals surface area contributed by atoms with Crippen LogP contribution in [0.4, 0.5) is 0 Å². The molecule has 0 aliphatic carbocycles. The normalized spacial score (nSPS) is 11.3. The zero-order valence-electron chi connectivity index (χ0n) is 13.3. The Labute approximate surface area is 137 Å². The van der Waals surface area contributed by atoms with Crippen molar-refractivity contribution in [1.82, 2.24) is 4.57 Å². The van der Waals surface area contributed by atoms with E-state index in [1.54, 1.807) is 0 Å². The van der Waals surface area contributed by atoms with Crippen LogP contribution in [0.25, 0.3) is 10.9 Å². The molecule has 2 rings (SSSR count). The minimum Gasteiger partial charge on any atom is -0.346 e. The standard InChI is InChI=1S/C18H22BrNSi/c1-14(19)10-11-18-16(12-13-21(3,4)5)15-8-6-7-9-17(15)20(18)2/h6-9H,1,10-11H2,2-5H3. The summed E-state index contributed by atoms with van der Waals surface area (Å²) >= 11 is 3.46. The average molecular weight is 360 g/mol. The molecule has 0 saturated heterocycles. The lowest BCUT2D eigenvalue weighted by molar-refractivity contribution is 0.828. The molecule has 0 spiro atoms. The van der Waals surface area contributed by atoms with E-state index < -0.39 is 8.07 Å². The predicted molar refractivity (Wildman–Crippen MR) is 99.5 cm³/mol. The third-order valence-corrected chi connectivity index (χ3v) is 4.70. The minimum absolute atomic E-state index is 0.936. The van der Waals surface area contributed by atoms with Crippen molar-refractivity contribution in [1.29, 1.82) is 0 Å². The molecule has 0 aliphatic rings. The molecule has 0 N–H and O–H groups in total. The van der Waals surface area contributed by atoms with Gasteiger partial charge in [-0.15, -0.1) is 5.54 Å². The van der Waals surface area contributed by atoms with E-state index in [1.807, 2.05) is 0 Å². The summed E-state index contributed by atoms with van der Waals surface area (Å²) in [6.07, 6.45) is 1.90. The molecular weight excluding hydrogens is 338 g/mol. The first-order valence-corrected chi connectivity index (χ1v) is 11.5. The quantitative estimate of drug-likeness (QED) is 0.521. The Bertz CT molecular complexity index is 738. The molecule has 0 fully saturated rings. The average Bonchev–Trinajstić information content (AvgIpc) is 2.66. The summed E-state index contributed by atoms with van der Waals surface area (Å²) in [6.45, 7) is 10.8. The maximum Gasteiger partial charge on any atom is 0.129 e. The number of para-hydroxylation sites is 1. The van der Waals surface area contributed by atoms with E-state index in [0.29, 0.717) is 0 Å². The van der Waals surface area contributed by atoms with E-state index in [9.17, 15) is 0 Å². The second kappa shape index (κ2) is 6.25. The number of aryl methyl sites for hydroxylation is 1. The van der Waals surface area contributed by atoms with Gasteiger partial charge in [0, 0.05) is 23.6 Å². The Morgan fingerprint density at radius 1 is 1.29 bits per heavy atom. The van der Waals surface area contributed by atoms with Gasteiger partial charge < -0.3 is 4.57 Å². The Kier molecular flexibility index (Phi) is 4.80. The fraction of sp³-hybridized carbons (Fsp3) is 0.333. The number of benzene rings is 1. The van der Waals surface area contributed by atoms with Crippen molar-refractivity contribution in [3.8, 4) is 11.5 Å². The lowest BCUT2D eigenvalue weighted by Gasteiger charge is -2.06. The molecule has 0 amide bonds. The Morgan fingerprint density at radius 2 is 1.95 bits per heavy atom. The van der Waals surface area contributed by atoms with E-state index in [1.165, 1.54) is 22.2 Å². The van der Waals surface area contributed by atoms with E-state index >= 15 is 0 Å². The molecule has 0 bridgehead atoms. The van der Waals surface area contributed by atoms with Crippen LogP contribution in [-0.4, -0.2) is 12.6 Å². The van der Waals surface area contributed by atoms with Crippen molar-refractivity contribution >= 4 is 34.9 Å². The molecule has 1 aromatic heterocycles. The SMILES string of the molecule is C=C(Br)CCc1c(C#C[Si](C)(C)C)c2ccccc2n1C. The first kappa shape index (κ1) is 16.1. The lowest BCUT2D eigenvalue weighted by atomic mass is 10.1. The largest absolute Gasteiger partial charge is 0.346 e. The monoisotopic (exact) mass is 359 g/mol. The number of hydrogen-bond acceptors (Lipinski definition) is 0. The van der Waals surface area contributed by atoms with Crippen LogP contribution in [0, 0.1) is 11.5 Å². The zero-order valence-corrected chi connectivity index (χ0v) is 15.8. The van der Waals surface area contributed by atoms with Gasteiger partial charge in [0.25, 0.3) is 0 Å². The number of aromatic nitrogens is 1. The smallest absolute Gasteiger partial charge is 0.129 e. The van der Waals surface area contributed by atoms with Crippen LogP contribution in [0.2, 0.25) is 19.6 Å². The van der Waals surface area contributed by atoms with E-state index in [0.717, 1.165) is 17.3 Å². The number of fused-ring (bicyclic) bond motifs is 1. The van der Waals surface area contributed by atoms with Gasteiger partial charge in [0.05, 0.1) is 5.56 Å². The van der Waals surface area contributed by atoms with E-state index in [-0.39, 0.29) is 0 Å². The Morgan fingerprint density at radius 3 is 2.57 bits per heavy atom. The molecule has 21 heavy (non-hydrogen) atoms. The number of allylic oxidation sites excluding steroid dienone is 1. The maximum absolute atomic E-state index is 3.95. The van der Waals surface area contributed by atoms with Gasteiger partial charge in [-0.3, -0.25) is 0 Å². The second-order valence-electron chi connectivity index (χ2n) is 6.42. The molecule has 1 heterocycles. The summed E-state index contributed by atoms with van der Waals surface area (Å²) in [5.41, 5.74) is 7.28. The molecule has 1 nitrogen and oxygen atoms in total. The predicted octanol–water partition coefficient (Wildman–Crippen LogP) is 5.25. The number of rotatable bonds is 3. The van der Waals surface area contributed by atoms with Gasteiger partial charge in [0.15, 0.2) is 0 Å². The summed E-state index contributed by atoms with van der Waals surface area (Å²) in [6, 6.07) is 8.53. The van der Waals surface area contributed by atoms with Gasteiger partial charge in [-0.25, -0.2) is 0 Å². The molecule has 0 atom stereocenters. The van der Waals surface area contributed by atoms with Crippen molar-refractivity contribution in [2.75, 3.05) is 0 Å². The highest BCUT2D eigenvalue weighted by Crippen LogP contribution is 2.27. The fourth-order valence-electron chi connectivity index (χ4n) is 2.38. The molecule has 3 heteroatoms. The molecule has 0 saturated carbocycles. The molecule has 110 valence electrons. The van der Waals surface area contributed by atoms with Gasteiger partial charge in [-0.2, -0.15) is 0 Å². The van der Waals surface area contributed by atoms with Crippen molar-refractivity contribution in [3.63, 3.8) is 0 Å². The number of halogens is 1. The first-order chi connectivity index (χ1) is 9.79. The van der Waals surface area contributed by atoms with Crippen LogP contribution in [0.5, 0.6) is 0 Å². The number of hydrogen-bond donors (Lipinski definition) is 0. The topological polar surface area (TPSA) is 4.93 Å². The zero-order chi connectivity index (χ0) is 15.6. The van der Waals surface area contributed by atoms with Gasteiger partial charge in [-0.05, 0) is 23.4 Å². The highest BCUT2D eigenvalue weighted by Gasteiger charge is 2.14.